The second-order valence-electron chi connectivity index (χ2n) is 7.88. The first-order valence-electron chi connectivity index (χ1n) is 10.1. The van der Waals surface area contributed by atoms with Gasteiger partial charge < -0.3 is 14.3 Å². The Labute approximate surface area is 174 Å². The lowest BCUT2D eigenvalue weighted by Gasteiger charge is -2.15. The van der Waals surface area contributed by atoms with Crippen LogP contribution < -0.4 is 10.3 Å². The number of aromatic amines is 1. The molecule has 2 heterocycles. The molecule has 0 aliphatic heterocycles. The molecular formula is C25H21N3O2. The summed E-state index contributed by atoms with van der Waals surface area (Å²) in [6.07, 6.45) is 6.10. The number of rotatable bonds is 5. The summed E-state index contributed by atoms with van der Waals surface area (Å²) >= 11 is 0. The number of benzene rings is 2. The highest BCUT2D eigenvalue weighted by Gasteiger charge is 2.23. The number of nitrogens with one attached hydrogen (secondary N) is 1. The number of pyridine rings is 1. The molecule has 1 aliphatic carbocycles. The second-order valence-corrected chi connectivity index (χ2v) is 7.88. The zero-order valence-electron chi connectivity index (χ0n) is 16.7. The molecule has 5 rings (SSSR count). The highest BCUT2D eigenvalue weighted by atomic mass is 16.5. The monoisotopic (exact) mass is 395 g/mol. The smallest absolute Gasteiger partial charge is 0.274 e. The van der Waals surface area contributed by atoms with E-state index in [1.54, 1.807) is 23.9 Å². The molecule has 0 radical (unpaired) electrons. The quantitative estimate of drug-likeness (QED) is 0.524. The summed E-state index contributed by atoms with van der Waals surface area (Å²) < 4.78 is 7.80. The fraction of sp³-hybridized carbons (Fsp3) is 0.200. The molecule has 0 bridgehead atoms. The Hall–Kier alpha value is -3.78. The van der Waals surface area contributed by atoms with Crippen molar-refractivity contribution in [3.05, 3.63) is 76.8 Å². The Morgan fingerprint density at radius 3 is 2.77 bits per heavy atom. The summed E-state index contributed by atoms with van der Waals surface area (Å²) in [7, 11) is 1.76. The van der Waals surface area contributed by atoms with Crippen LogP contribution >= 0.6 is 0 Å². The van der Waals surface area contributed by atoms with Gasteiger partial charge in [-0.25, -0.2) is 0 Å². The van der Waals surface area contributed by atoms with Crippen molar-refractivity contribution in [2.75, 3.05) is 6.61 Å². The second kappa shape index (κ2) is 7.23. The number of nitrogens with zero attached hydrogens (tertiary/aromatic N) is 2. The average Bonchev–Trinajstić information content (AvgIpc) is 3.48. The van der Waals surface area contributed by atoms with Gasteiger partial charge in [-0.2, -0.15) is 5.26 Å². The predicted molar refractivity (Wildman–Crippen MR) is 117 cm³/mol. The minimum absolute atomic E-state index is 0.0583. The fourth-order valence-corrected chi connectivity index (χ4v) is 3.79. The van der Waals surface area contributed by atoms with Gasteiger partial charge in [0.25, 0.3) is 5.56 Å². The Balaban J connectivity index is 1.70. The summed E-state index contributed by atoms with van der Waals surface area (Å²) in [4.78, 5) is 15.6. The Kier molecular flexibility index (Phi) is 4.40. The number of H-pyrrole nitrogens is 1. The van der Waals surface area contributed by atoms with Crippen molar-refractivity contribution in [1.29, 1.82) is 5.26 Å². The van der Waals surface area contributed by atoms with Gasteiger partial charge >= 0.3 is 0 Å². The topological polar surface area (TPSA) is 70.8 Å². The third-order valence-corrected chi connectivity index (χ3v) is 5.66. The van der Waals surface area contributed by atoms with Gasteiger partial charge in [-0.1, -0.05) is 18.2 Å². The molecule has 1 N–H and O–H groups in total. The molecular weight excluding hydrogens is 374 g/mol. The van der Waals surface area contributed by atoms with E-state index in [9.17, 15) is 10.1 Å². The van der Waals surface area contributed by atoms with Gasteiger partial charge in [0.05, 0.1) is 18.2 Å². The van der Waals surface area contributed by atoms with Crippen LogP contribution in [0.1, 0.15) is 18.4 Å². The molecule has 0 amide bonds. The first-order chi connectivity index (χ1) is 14.6. The zero-order chi connectivity index (χ0) is 20.7. The maximum Gasteiger partial charge on any atom is 0.274 e. The molecule has 5 heteroatoms. The molecule has 2 aromatic carbocycles. The van der Waals surface area contributed by atoms with Crippen molar-refractivity contribution < 1.29 is 4.74 Å². The van der Waals surface area contributed by atoms with Gasteiger partial charge in [0.2, 0.25) is 0 Å². The molecule has 30 heavy (non-hydrogen) atoms. The lowest BCUT2D eigenvalue weighted by molar-refractivity contribution is 0.301. The minimum Gasteiger partial charge on any atom is -0.493 e. The lowest BCUT2D eigenvalue weighted by Crippen LogP contribution is -2.16. The highest BCUT2D eigenvalue weighted by Crippen LogP contribution is 2.38. The van der Waals surface area contributed by atoms with Crippen LogP contribution in [0.5, 0.6) is 5.75 Å². The van der Waals surface area contributed by atoms with Gasteiger partial charge in [0.15, 0.2) is 0 Å². The van der Waals surface area contributed by atoms with E-state index < -0.39 is 0 Å². The van der Waals surface area contributed by atoms with Crippen LogP contribution in [0.2, 0.25) is 0 Å². The summed E-state index contributed by atoms with van der Waals surface area (Å²) in [6.45, 7) is 0.707. The van der Waals surface area contributed by atoms with Crippen LogP contribution in [-0.4, -0.2) is 16.2 Å². The molecule has 1 fully saturated rings. The van der Waals surface area contributed by atoms with Crippen molar-refractivity contribution in [2.45, 2.75) is 12.8 Å². The Morgan fingerprint density at radius 2 is 1.97 bits per heavy atom. The van der Waals surface area contributed by atoms with Crippen LogP contribution in [0.3, 0.4) is 0 Å². The molecule has 0 saturated heterocycles. The normalized spacial score (nSPS) is 13.3. The highest BCUT2D eigenvalue weighted by molar-refractivity contribution is 5.96. The molecule has 2 aromatic heterocycles. The third kappa shape index (κ3) is 3.27. The third-order valence-electron chi connectivity index (χ3n) is 5.66. The SMILES string of the molecule is Cn1cc(-c2cc(-c3cccc(C#N)c3)ccc2OCC2CC2)c2cc[nH]c2c1=O. The summed E-state index contributed by atoms with van der Waals surface area (Å²) in [6, 6.07) is 17.8. The zero-order valence-corrected chi connectivity index (χ0v) is 16.7. The summed E-state index contributed by atoms with van der Waals surface area (Å²) in [5.41, 5.74) is 5.00. The number of fused-ring (bicyclic) bond motifs is 1. The van der Waals surface area contributed by atoms with Crippen LogP contribution in [0.25, 0.3) is 33.2 Å². The predicted octanol–water partition coefficient (Wildman–Crippen LogP) is 4.86. The van der Waals surface area contributed by atoms with Crippen molar-refractivity contribution in [3.63, 3.8) is 0 Å². The van der Waals surface area contributed by atoms with Crippen LogP contribution in [0, 0.1) is 17.2 Å². The van der Waals surface area contributed by atoms with E-state index in [-0.39, 0.29) is 5.56 Å². The maximum absolute atomic E-state index is 12.5. The Morgan fingerprint density at radius 1 is 1.13 bits per heavy atom. The van der Waals surface area contributed by atoms with Gasteiger partial charge in [-0.15, -0.1) is 0 Å². The van der Waals surface area contributed by atoms with Gasteiger partial charge in [-0.3, -0.25) is 4.79 Å². The van der Waals surface area contributed by atoms with Gasteiger partial charge in [0.1, 0.15) is 11.3 Å². The molecule has 148 valence electrons. The van der Waals surface area contributed by atoms with Crippen molar-refractivity contribution in [1.82, 2.24) is 9.55 Å². The summed E-state index contributed by atoms with van der Waals surface area (Å²) in [5, 5.41) is 10.1. The van der Waals surface area contributed by atoms with Crippen LogP contribution in [-0.2, 0) is 7.05 Å². The molecule has 0 spiro atoms. The molecule has 4 aromatic rings. The van der Waals surface area contributed by atoms with E-state index in [1.165, 1.54) is 12.8 Å². The molecule has 5 nitrogen and oxygen atoms in total. The standard InChI is InChI=1S/C25H21N3O2/c1-28-14-22(20-9-10-27-24(20)25(28)29)21-12-19(18-4-2-3-17(11-18)13-26)7-8-23(21)30-15-16-5-6-16/h2-4,7-12,14,16,27H,5-6,15H2,1H3. The number of hydrogen-bond acceptors (Lipinski definition) is 3. The fourth-order valence-electron chi connectivity index (χ4n) is 3.79. The first kappa shape index (κ1) is 18.3. The molecule has 0 unspecified atom stereocenters. The number of ether oxygens (including phenoxy) is 1. The average molecular weight is 395 g/mol. The summed E-state index contributed by atoms with van der Waals surface area (Å²) in [5.74, 6) is 1.44. The van der Waals surface area contributed by atoms with E-state index in [0.717, 1.165) is 33.4 Å². The van der Waals surface area contributed by atoms with Crippen molar-refractivity contribution in [3.8, 4) is 34.1 Å². The van der Waals surface area contributed by atoms with E-state index >= 15 is 0 Å². The number of hydrogen-bond donors (Lipinski definition) is 1. The molecule has 1 aliphatic rings. The lowest BCUT2D eigenvalue weighted by atomic mass is 9.96. The van der Waals surface area contributed by atoms with Gasteiger partial charge in [0, 0.05) is 36.0 Å². The Bertz CT molecular complexity index is 1350. The first-order valence-corrected chi connectivity index (χ1v) is 10.1. The number of aryl methyl sites for hydroxylation is 1. The van der Waals surface area contributed by atoms with E-state index in [1.807, 2.05) is 42.6 Å². The maximum atomic E-state index is 12.5. The van der Waals surface area contributed by atoms with E-state index in [4.69, 9.17) is 4.74 Å². The van der Waals surface area contributed by atoms with E-state index in [0.29, 0.717) is 23.6 Å². The van der Waals surface area contributed by atoms with Crippen molar-refractivity contribution in [2.24, 2.45) is 13.0 Å². The number of aromatic nitrogens is 2. The van der Waals surface area contributed by atoms with Crippen molar-refractivity contribution >= 4 is 10.9 Å². The van der Waals surface area contributed by atoms with Gasteiger partial charge in [-0.05, 0) is 60.2 Å². The largest absolute Gasteiger partial charge is 0.493 e. The molecule has 0 atom stereocenters. The number of nitriles is 1. The minimum atomic E-state index is -0.0583. The molecule has 1 saturated carbocycles. The van der Waals surface area contributed by atoms with E-state index in [2.05, 4.69) is 17.1 Å². The van der Waals surface area contributed by atoms with Crippen LogP contribution in [0.15, 0.2) is 65.7 Å². The van der Waals surface area contributed by atoms with Crippen LogP contribution in [0.4, 0.5) is 0 Å².